The summed E-state index contributed by atoms with van der Waals surface area (Å²) in [6.07, 6.45) is 0. The topological polar surface area (TPSA) is 52.6 Å². The highest BCUT2D eigenvalue weighted by atomic mass is 79.9. The molecule has 0 saturated heterocycles. The highest BCUT2D eigenvalue weighted by molar-refractivity contribution is 9.11. The smallest absolute Gasteiger partial charge is 0.338 e. The van der Waals surface area contributed by atoms with Crippen LogP contribution in [0, 0.1) is 0 Å². The summed E-state index contributed by atoms with van der Waals surface area (Å²) in [7, 11) is 0. The quantitative estimate of drug-likeness (QED) is 0.176. The van der Waals surface area contributed by atoms with E-state index in [-0.39, 0.29) is 0 Å². The average Bonchev–Trinajstić information content (AvgIpc) is 2.66. The van der Waals surface area contributed by atoms with E-state index in [1.807, 2.05) is 24.3 Å². The van der Waals surface area contributed by atoms with Gasteiger partial charge in [-0.25, -0.2) is 9.59 Å². The fourth-order valence-electron chi connectivity index (χ4n) is 2.56. The molecule has 8 heteroatoms. The molecule has 0 radical (unpaired) electrons. The van der Waals surface area contributed by atoms with E-state index in [9.17, 15) is 9.59 Å². The number of hydrogen-bond acceptors (Lipinski definition) is 4. The molecule has 0 unspecified atom stereocenters. The van der Waals surface area contributed by atoms with Crippen LogP contribution < -0.4 is 9.47 Å². The van der Waals surface area contributed by atoms with Gasteiger partial charge < -0.3 is 9.47 Å². The summed E-state index contributed by atoms with van der Waals surface area (Å²) < 4.78 is 13.4. The second-order valence-electron chi connectivity index (χ2n) is 7.50. The Bertz CT molecular complexity index is 971. The molecule has 0 aliphatic carbocycles. The number of carbonyl (C=O) groups excluding carboxylic acids is 2. The minimum atomic E-state index is -0.499. The Balaban J connectivity index is 2.47. The van der Waals surface area contributed by atoms with Crippen molar-refractivity contribution in [3.05, 3.63) is 77.6 Å². The largest absolute Gasteiger partial charge is 0.421 e. The number of halogens is 4. The van der Waals surface area contributed by atoms with E-state index in [1.165, 1.54) is 0 Å². The van der Waals surface area contributed by atoms with Crippen LogP contribution in [0.5, 0.6) is 11.5 Å². The van der Waals surface area contributed by atoms with Crippen molar-refractivity contribution < 1.29 is 19.1 Å². The lowest BCUT2D eigenvalue weighted by atomic mass is 9.78. The van der Waals surface area contributed by atoms with Crippen molar-refractivity contribution in [3.63, 3.8) is 0 Å². The Morgan fingerprint density at radius 3 is 1.19 bits per heavy atom. The monoisotopic (exact) mass is 676 g/mol. The summed E-state index contributed by atoms with van der Waals surface area (Å²) in [6, 6.07) is 7.62. The fraction of sp³-hybridized carbons (Fsp3) is 0.217. The summed E-state index contributed by atoms with van der Waals surface area (Å²) in [5.41, 5.74) is 2.11. The van der Waals surface area contributed by atoms with E-state index >= 15 is 0 Å². The van der Waals surface area contributed by atoms with Crippen LogP contribution in [0.2, 0.25) is 0 Å². The van der Waals surface area contributed by atoms with Gasteiger partial charge in [-0.15, -0.1) is 0 Å². The number of ether oxygens (including phenoxy) is 2. The van der Waals surface area contributed by atoms with Gasteiger partial charge in [-0.3, -0.25) is 0 Å². The van der Waals surface area contributed by atoms with Gasteiger partial charge in [0.05, 0.1) is 17.9 Å². The predicted molar refractivity (Wildman–Crippen MR) is 137 cm³/mol. The van der Waals surface area contributed by atoms with Crippen LogP contribution >= 0.6 is 63.7 Å². The van der Waals surface area contributed by atoms with Crippen LogP contribution in [0.3, 0.4) is 0 Å². The minimum absolute atomic E-state index is 0.311. The summed E-state index contributed by atoms with van der Waals surface area (Å²) in [5, 5.41) is 0. The second-order valence-corrected chi connectivity index (χ2v) is 10.9. The fourth-order valence-corrected chi connectivity index (χ4v) is 5.26. The van der Waals surface area contributed by atoms with Crippen molar-refractivity contribution in [2.24, 2.45) is 0 Å². The summed E-state index contributed by atoms with van der Waals surface area (Å²) >= 11 is 14.0. The minimum Gasteiger partial charge on any atom is -0.421 e. The molecule has 0 aliphatic rings. The zero-order valence-electron chi connectivity index (χ0n) is 17.4. The first kappa shape index (κ1) is 26.0. The van der Waals surface area contributed by atoms with Gasteiger partial charge in [0, 0.05) is 16.6 Å². The van der Waals surface area contributed by atoms with Gasteiger partial charge in [-0.2, -0.15) is 0 Å². The number of esters is 2. The van der Waals surface area contributed by atoms with Crippen molar-refractivity contribution in [1.82, 2.24) is 0 Å². The maximum absolute atomic E-state index is 11.9. The Morgan fingerprint density at radius 2 is 0.968 bits per heavy atom. The number of hydrogen-bond donors (Lipinski definition) is 0. The van der Waals surface area contributed by atoms with E-state index in [2.05, 4.69) is 90.7 Å². The SMILES string of the molecule is C=C(C)C(=O)Oc1c(Br)cc(C(C)(C)c2cc(Br)c(OC(=O)C(=C)C)c(Br)c2)cc1Br. The molecule has 2 aromatic carbocycles. The van der Waals surface area contributed by atoms with Gasteiger partial charge in [-0.05, 0) is 113 Å². The summed E-state index contributed by atoms with van der Waals surface area (Å²) in [6.45, 7) is 14.5. The molecule has 0 fully saturated rings. The average molecular weight is 680 g/mol. The Morgan fingerprint density at radius 1 is 0.710 bits per heavy atom. The van der Waals surface area contributed by atoms with Crippen LogP contribution in [-0.4, -0.2) is 11.9 Å². The molecule has 0 saturated carbocycles. The van der Waals surface area contributed by atoms with Gasteiger partial charge in [-0.1, -0.05) is 27.0 Å². The van der Waals surface area contributed by atoms with E-state index in [0.29, 0.717) is 40.5 Å². The van der Waals surface area contributed by atoms with Crippen molar-refractivity contribution in [2.75, 3.05) is 0 Å². The summed E-state index contributed by atoms with van der Waals surface area (Å²) in [5.74, 6) is -0.226. The molecule has 164 valence electrons. The van der Waals surface area contributed by atoms with Crippen molar-refractivity contribution >= 4 is 75.7 Å². The van der Waals surface area contributed by atoms with Crippen LogP contribution in [0.4, 0.5) is 0 Å². The molecule has 0 amide bonds. The second kappa shape index (κ2) is 10.1. The van der Waals surface area contributed by atoms with Crippen LogP contribution in [0.15, 0.2) is 66.5 Å². The lowest BCUT2D eigenvalue weighted by molar-refractivity contribution is -0.131. The number of rotatable bonds is 6. The molecule has 2 aromatic rings. The predicted octanol–water partition coefficient (Wildman–Crippen LogP) is 8.03. The molecular weight excluding hydrogens is 660 g/mol. The highest BCUT2D eigenvalue weighted by Crippen LogP contribution is 2.44. The van der Waals surface area contributed by atoms with Gasteiger partial charge >= 0.3 is 11.9 Å². The third-order valence-corrected chi connectivity index (χ3v) is 6.88. The normalized spacial score (nSPS) is 11.1. The zero-order valence-corrected chi connectivity index (χ0v) is 23.7. The molecule has 0 heterocycles. The zero-order chi connectivity index (χ0) is 23.7. The van der Waals surface area contributed by atoms with E-state index < -0.39 is 17.4 Å². The van der Waals surface area contributed by atoms with Gasteiger partial charge in [0.1, 0.15) is 0 Å². The number of benzene rings is 2. The molecule has 0 aliphatic heterocycles. The van der Waals surface area contributed by atoms with Crippen LogP contribution in [-0.2, 0) is 15.0 Å². The lowest BCUT2D eigenvalue weighted by Gasteiger charge is -2.28. The first-order valence-electron chi connectivity index (χ1n) is 9.00. The van der Waals surface area contributed by atoms with Crippen molar-refractivity contribution in [1.29, 1.82) is 0 Å². The lowest BCUT2D eigenvalue weighted by Crippen LogP contribution is -2.20. The molecular formula is C23H20Br4O4. The van der Waals surface area contributed by atoms with Gasteiger partial charge in [0.25, 0.3) is 0 Å². The van der Waals surface area contributed by atoms with E-state index in [0.717, 1.165) is 11.1 Å². The summed E-state index contributed by atoms with van der Waals surface area (Å²) in [4.78, 5) is 23.9. The third kappa shape index (κ3) is 5.97. The van der Waals surface area contributed by atoms with Gasteiger partial charge in [0.2, 0.25) is 0 Å². The molecule has 0 N–H and O–H groups in total. The Kier molecular flexibility index (Phi) is 8.52. The molecule has 0 spiro atoms. The van der Waals surface area contributed by atoms with E-state index in [1.54, 1.807) is 13.8 Å². The Hall–Kier alpha value is -1.22. The molecule has 2 rings (SSSR count). The van der Waals surface area contributed by atoms with E-state index in [4.69, 9.17) is 9.47 Å². The highest BCUT2D eigenvalue weighted by Gasteiger charge is 2.28. The first-order chi connectivity index (χ1) is 14.2. The molecule has 0 aromatic heterocycles. The Labute approximate surface area is 215 Å². The third-order valence-electron chi connectivity index (χ3n) is 4.53. The standard InChI is InChI=1S/C23H20Br4O4/c1-11(2)21(28)30-19-15(24)7-13(8-16(19)25)23(5,6)14-9-17(26)20(18(27)10-14)31-22(29)12(3)4/h7-10H,1,3H2,2,4-6H3. The number of carbonyl (C=O) groups is 2. The van der Waals surface area contributed by atoms with Crippen molar-refractivity contribution in [2.45, 2.75) is 33.1 Å². The maximum atomic E-state index is 11.9. The van der Waals surface area contributed by atoms with Crippen LogP contribution in [0.25, 0.3) is 0 Å². The van der Waals surface area contributed by atoms with Gasteiger partial charge in [0.15, 0.2) is 11.5 Å². The molecule has 0 bridgehead atoms. The molecule has 31 heavy (non-hydrogen) atoms. The van der Waals surface area contributed by atoms with Crippen molar-refractivity contribution in [3.8, 4) is 11.5 Å². The van der Waals surface area contributed by atoms with Crippen LogP contribution in [0.1, 0.15) is 38.8 Å². The molecule has 0 atom stereocenters. The first-order valence-corrected chi connectivity index (χ1v) is 12.2. The molecule has 4 nitrogen and oxygen atoms in total. The maximum Gasteiger partial charge on any atom is 0.338 e.